The molecule has 1 aromatic heterocycles. The van der Waals surface area contributed by atoms with Crippen molar-refractivity contribution in [3.05, 3.63) is 96.2 Å². The summed E-state index contributed by atoms with van der Waals surface area (Å²) in [4.78, 5) is 20.0. The third-order valence-electron chi connectivity index (χ3n) is 6.11. The number of carbonyl (C=O) groups excluding carboxylic acids is 1. The van der Waals surface area contributed by atoms with Crippen LogP contribution in [-0.4, -0.2) is 66.8 Å². The van der Waals surface area contributed by atoms with E-state index in [1.165, 1.54) is 4.31 Å². The number of likely N-dealkylation sites (N-methyl/N-ethyl adjacent to an activating group) is 1. The molecule has 3 aromatic carbocycles. The molecule has 8 nitrogen and oxygen atoms in total. The van der Waals surface area contributed by atoms with E-state index in [-0.39, 0.29) is 18.0 Å². The van der Waals surface area contributed by atoms with Crippen molar-refractivity contribution in [1.29, 1.82) is 0 Å². The molecule has 4 aromatic rings. The maximum Gasteiger partial charge on any atom is 0.243 e. The van der Waals surface area contributed by atoms with Crippen molar-refractivity contribution in [2.24, 2.45) is 0 Å². The van der Waals surface area contributed by atoms with Gasteiger partial charge in [-0.2, -0.15) is 4.31 Å². The van der Waals surface area contributed by atoms with Gasteiger partial charge in [-0.15, -0.1) is 0 Å². The fraction of sp³-hybridized carbons (Fsp3) is 0.241. The van der Waals surface area contributed by atoms with Crippen molar-refractivity contribution in [1.82, 2.24) is 18.8 Å². The molecule has 0 bridgehead atoms. The second-order valence-electron chi connectivity index (χ2n) is 9.52. The number of nitrogens with zero attached hydrogens (tertiary/aromatic N) is 4. The van der Waals surface area contributed by atoms with Crippen molar-refractivity contribution in [3.63, 3.8) is 0 Å². The largest absolute Gasteiger partial charge is 0.308 e. The number of hydrogen-bond acceptors (Lipinski definition) is 5. The van der Waals surface area contributed by atoms with Crippen LogP contribution in [-0.2, 0) is 14.8 Å². The zero-order chi connectivity index (χ0) is 27.3. The number of aryl methyl sites for hydroxylation is 2. The van der Waals surface area contributed by atoms with Crippen LogP contribution in [0.4, 0.5) is 5.95 Å². The van der Waals surface area contributed by atoms with Crippen LogP contribution in [0.15, 0.2) is 90.0 Å². The molecule has 0 unspecified atom stereocenters. The summed E-state index contributed by atoms with van der Waals surface area (Å²) in [6.45, 7) is 4.19. The molecule has 0 fully saturated rings. The zero-order valence-corrected chi connectivity index (χ0v) is 22.9. The molecule has 0 spiro atoms. The lowest BCUT2D eigenvalue weighted by molar-refractivity contribution is -0.116. The van der Waals surface area contributed by atoms with Crippen molar-refractivity contribution >= 4 is 21.9 Å². The number of hydrogen-bond donors (Lipinski definition) is 1. The van der Waals surface area contributed by atoms with Gasteiger partial charge in [-0.25, -0.2) is 13.4 Å². The van der Waals surface area contributed by atoms with Crippen LogP contribution in [0.2, 0.25) is 0 Å². The van der Waals surface area contributed by atoms with Gasteiger partial charge in [0.2, 0.25) is 21.9 Å². The third-order valence-corrected chi connectivity index (χ3v) is 7.97. The van der Waals surface area contributed by atoms with Crippen LogP contribution in [0.5, 0.6) is 0 Å². The van der Waals surface area contributed by atoms with Crippen LogP contribution in [0.3, 0.4) is 0 Å². The number of anilines is 1. The Kier molecular flexibility index (Phi) is 8.41. The molecule has 0 radical (unpaired) electrons. The molecule has 0 atom stereocenters. The molecule has 0 aliphatic rings. The summed E-state index contributed by atoms with van der Waals surface area (Å²) >= 11 is 0. The van der Waals surface area contributed by atoms with E-state index in [1.54, 1.807) is 28.8 Å². The van der Waals surface area contributed by atoms with E-state index in [0.29, 0.717) is 18.2 Å². The molecule has 0 aliphatic carbocycles. The Morgan fingerprint density at radius 1 is 0.868 bits per heavy atom. The van der Waals surface area contributed by atoms with Crippen molar-refractivity contribution in [3.8, 4) is 16.9 Å². The summed E-state index contributed by atoms with van der Waals surface area (Å²) in [5.74, 6) is -0.156. The van der Waals surface area contributed by atoms with Crippen molar-refractivity contribution in [2.45, 2.75) is 18.7 Å². The number of sulfonamides is 1. The van der Waals surface area contributed by atoms with Gasteiger partial charge in [0.1, 0.15) is 0 Å². The number of amides is 1. The van der Waals surface area contributed by atoms with Crippen LogP contribution in [0.1, 0.15) is 11.1 Å². The normalized spacial score (nSPS) is 11.7. The molecule has 1 heterocycles. The maximum atomic E-state index is 13.5. The SMILES string of the molecule is Cc1ccc(-n2cc(-c3ccccc3)nc2NC(=O)CN(CCN(C)C)S(=O)(=O)c2ccc(C)cc2)cc1. The van der Waals surface area contributed by atoms with Crippen LogP contribution in [0.25, 0.3) is 16.9 Å². The van der Waals surface area contributed by atoms with E-state index >= 15 is 0 Å². The van der Waals surface area contributed by atoms with Gasteiger partial charge in [0.25, 0.3) is 0 Å². The third kappa shape index (κ3) is 6.55. The van der Waals surface area contributed by atoms with E-state index in [2.05, 4.69) is 10.3 Å². The highest BCUT2D eigenvalue weighted by molar-refractivity contribution is 7.89. The Bertz CT molecular complexity index is 1480. The van der Waals surface area contributed by atoms with E-state index in [9.17, 15) is 13.2 Å². The summed E-state index contributed by atoms with van der Waals surface area (Å²) in [6.07, 6.45) is 1.86. The molecule has 9 heteroatoms. The number of imidazole rings is 1. The minimum atomic E-state index is -3.89. The number of benzene rings is 3. The van der Waals surface area contributed by atoms with E-state index in [1.807, 2.05) is 93.6 Å². The van der Waals surface area contributed by atoms with Gasteiger partial charge < -0.3 is 4.90 Å². The second kappa shape index (κ2) is 11.7. The Balaban J connectivity index is 1.63. The predicted octanol–water partition coefficient (Wildman–Crippen LogP) is 4.35. The Labute approximate surface area is 224 Å². The van der Waals surface area contributed by atoms with Gasteiger partial charge >= 0.3 is 0 Å². The highest BCUT2D eigenvalue weighted by Gasteiger charge is 2.27. The van der Waals surface area contributed by atoms with Gasteiger partial charge in [0.15, 0.2) is 0 Å². The van der Waals surface area contributed by atoms with Crippen LogP contribution >= 0.6 is 0 Å². The lowest BCUT2D eigenvalue weighted by Gasteiger charge is -2.23. The Morgan fingerprint density at radius 2 is 1.47 bits per heavy atom. The van der Waals surface area contributed by atoms with Crippen molar-refractivity contribution in [2.75, 3.05) is 39.0 Å². The minimum absolute atomic E-state index is 0.155. The first-order valence-electron chi connectivity index (χ1n) is 12.4. The molecule has 1 N–H and O–H groups in total. The smallest absolute Gasteiger partial charge is 0.243 e. The molecule has 0 aliphatic heterocycles. The van der Waals surface area contributed by atoms with Crippen LogP contribution < -0.4 is 5.32 Å². The Morgan fingerprint density at radius 3 is 2.08 bits per heavy atom. The van der Waals surface area contributed by atoms with E-state index < -0.39 is 15.9 Å². The average Bonchev–Trinajstić information content (AvgIpc) is 3.31. The molecule has 1 amide bonds. The van der Waals surface area contributed by atoms with E-state index in [4.69, 9.17) is 0 Å². The van der Waals surface area contributed by atoms with Gasteiger partial charge in [0, 0.05) is 30.5 Å². The number of carbonyl (C=O) groups is 1. The Hall–Kier alpha value is -3.79. The first-order chi connectivity index (χ1) is 18.1. The highest BCUT2D eigenvalue weighted by atomic mass is 32.2. The highest BCUT2D eigenvalue weighted by Crippen LogP contribution is 2.25. The average molecular weight is 532 g/mol. The van der Waals surface area contributed by atoms with Gasteiger partial charge in [-0.3, -0.25) is 14.7 Å². The van der Waals surface area contributed by atoms with Crippen molar-refractivity contribution < 1.29 is 13.2 Å². The number of aromatic nitrogens is 2. The number of nitrogens with one attached hydrogen (secondary N) is 1. The summed E-state index contributed by atoms with van der Waals surface area (Å²) in [7, 11) is -0.164. The molecular formula is C29H33N5O3S. The van der Waals surface area contributed by atoms with Crippen LogP contribution in [0, 0.1) is 13.8 Å². The zero-order valence-electron chi connectivity index (χ0n) is 22.1. The fourth-order valence-electron chi connectivity index (χ4n) is 3.90. The monoisotopic (exact) mass is 531 g/mol. The lowest BCUT2D eigenvalue weighted by Crippen LogP contribution is -2.41. The van der Waals surface area contributed by atoms with Gasteiger partial charge in [0.05, 0.1) is 17.1 Å². The fourth-order valence-corrected chi connectivity index (χ4v) is 5.29. The quantitative estimate of drug-likeness (QED) is 0.329. The molecule has 0 saturated heterocycles. The second-order valence-corrected chi connectivity index (χ2v) is 11.5. The predicted molar refractivity (Wildman–Crippen MR) is 151 cm³/mol. The maximum absolute atomic E-state index is 13.5. The molecule has 198 valence electrons. The first kappa shape index (κ1) is 27.3. The topological polar surface area (TPSA) is 87.5 Å². The summed E-state index contributed by atoms with van der Waals surface area (Å²) in [5, 5.41) is 2.86. The van der Waals surface area contributed by atoms with E-state index in [0.717, 1.165) is 22.4 Å². The minimum Gasteiger partial charge on any atom is -0.308 e. The molecular weight excluding hydrogens is 498 g/mol. The first-order valence-corrected chi connectivity index (χ1v) is 13.8. The lowest BCUT2D eigenvalue weighted by atomic mass is 10.2. The summed E-state index contributed by atoms with van der Waals surface area (Å²) in [6, 6.07) is 24.2. The standard InChI is InChI=1S/C29H33N5O3S/c1-22-10-14-25(15-11-22)34-20-27(24-8-6-5-7-9-24)30-29(34)31-28(35)21-33(19-18-32(3)4)38(36,37)26-16-12-23(2)13-17-26/h5-17,20H,18-19,21H2,1-4H3,(H,30,31,35). The van der Waals surface area contributed by atoms with Gasteiger partial charge in [-0.05, 0) is 52.2 Å². The molecule has 4 rings (SSSR count). The summed E-state index contributed by atoms with van der Waals surface area (Å²) < 4.78 is 29.9. The molecule has 38 heavy (non-hydrogen) atoms. The van der Waals surface area contributed by atoms with Gasteiger partial charge in [-0.1, -0.05) is 65.7 Å². The number of rotatable bonds is 10. The summed E-state index contributed by atoms with van der Waals surface area (Å²) in [5.41, 5.74) is 4.50. The molecule has 0 saturated carbocycles.